The van der Waals surface area contributed by atoms with Crippen molar-refractivity contribution in [3.63, 3.8) is 0 Å². The predicted molar refractivity (Wildman–Crippen MR) is 91.4 cm³/mol. The highest BCUT2D eigenvalue weighted by molar-refractivity contribution is 6.03. The number of benzene rings is 1. The highest BCUT2D eigenvalue weighted by Crippen LogP contribution is 2.39. The topological polar surface area (TPSA) is 91.7 Å². The molecule has 1 aromatic heterocycles. The number of imide groups is 1. The van der Waals surface area contributed by atoms with Gasteiger partial charge < -0.3 is 20.4 Å². The Morgan fingerprint density at radius 3 is 2.92 bits per heavy atom. The van der Waals surface area contributed by atoms with Gasteiger partial charge in [0.25, 0.3) is 0 Å². The van der Waals surface area contributed by atoms with E-state index < -0.39 is 0 Å². The number of hydrogen-bond acceptors (Lipinski definition) is 4. The van der Waals surface area contributed by atoms with Crippen LogP contribution in [0.2, 0.25) is 0 Å². The van der Waals surface area contributed by atoms with Crippen LogP contribution in [0, 0.1) is 0 Å². The number of urea groups is 1. The molecule has 7 nitrogen and oxygen atoms in total. The third-order valence-electron chi connectivity index (χ3n) is 4.56. The average Bonchev–Trinajstić information content (AvgIpc) is 2.93. The first-order chi connectivity index (χ1) is 11.1. The number of halogens is 1. The van der Waals surface area contributed by atoms with Crippen LogP contribution in [0.4, 0.5) is 4.79 Å². The Hall–Kier alpha value is -2.25. The SMILES string of the molecule is CN1C(=O)C2CN(Cc3[nH]c4ccc(OCCN)cc4c32)C1=O.Cl. The second kappa shape index (κ2) is 5.99. The van der Waals surface area contributed by atoms with E-state index in [1.54, 1.807) is 11.9 Å². The molecule has 3 heterocycles. The normalized spacial score (nSPS) is 19.3. The van der Waals surface area contributed by atoms with Gasteiger partial charge in [0.05, 0.1) is 12.5 Å². The monoisotopic (exact) mass is 350 g/mol. The van der Waals surface area contributed by atoms with Gasteiger partial charge in [-0.3, -0.25) is 9.69 Å². The van der Waals surface area contributed by atoms with Crippen LogP contribution < -0.4 is 10.5 Å². The zero-order chi connectivity index (χ0) is 16.1. The minimum Gasteiger partial charge on any atom is -0.492 e. The van der Waals surface area contributed by atoms with Gasteiger partial charge in [0.15, 0.2) is 0 Å². The molecule has 3 amide bonds. The molecule has 128 valence electrons. The van der Waals surface area contributed by atoms with E-state index >= 15 is 0 Å². The number of rotatable bonds is 3. The summed E-state index contributed by atoms with van der Waals surface area (Å²) in [6.45, 7) is 1.84. The Labute approximate surface area is 145 Å². The van der Waals surface area contributed by atoms with Gasteiger partial charge in [0, 0.05) is 36.7 Å². The number of nitrogens with one attached hydrogen (secondary N) is 1. The second-order valence-electron chi connectivity index (χ2n) is 5.97. The molecule has 2 aliphatic heterocycles. The van der Waals surface area contributed by atoms with Crippen LogP contribution in [0.3, 0.4) is 0 Å². The number of hydrogen-bond donors (Lipinski definition) is 2. The number of H-pyrrole nitrogens is 1. The fraction of sp³-hybridized carbons (Fsp3) is 0.375. The Balaban J connectivity index is 0.00000169. The van der Waals surface area contributed by atoms with E-state index in [2.05, 4.69) is 4.98 Å². The summed E-state index contributed by atoms with van der Waals surface area (Å²) < 4.78 is 5.59. The lowest BCUT2D eigenvalue weighted by Gasteiger charge is -2.40. The molecule has 1 unspecified atom stereocenters. The largest absolute Gasteiger partial charge is 0.492 e. The Kier molecular flexibility index (Phi) is 4.15. The minimum absolute atomic E-state index is 0. The first-order valence-corrected chi connectivity index (χ1v) is 7.64. The summed E-state index contributed by atoms with van der Waals surface area (Å²) in [7, 11) is 1.54. The molecule has 2 bridgehead atoms. The Bertz CT molecular complexity index is 819. The first-order valence-electron chi connectivity index (χ1n) is 7.64. The molecule has 1 saturated heterocycles. The number of carbonyl (C=O) groups excluding carboxylic acids is 2. The van der Waals surface area contributed by atoms with E-state index in [4.69, 9.17) is 10.5 Å². The predicted octanol–water partition coefficient (Wildman–Crippen LogP) is 1.42. The summed E-state index contributed by atoms with van der Waals surface area (Å²) in [6, 6.07) is 5.53. The molecular weight excluding hydrogens is 332 g/mol. The lowest BCUT2D eigenvalue weighted by molar-refractivity contribution is -0.132. The lowest BCUT2D eigenvalue weighted by Crippen LogP contribution is -2.55. The van der Waals surface area contributed by atoms with E-state index in [1.807, 2.05) is 18.2 Å². The summed E-state index contributed by atoms with van der Waals surface area (Å²) >= 11 is 0. The van der Waals surface area contributed by atoms with Gasteiger partial charge in [-0.25, -0.2) is 4.79 Å². The van der Waals surface area contributed by atoms with Crippen molar-refractivity contribution in [2.45, 2.75) is 12.5 Å². The number of fused-ring (bicyclic) bond motifs is 6. The molecule has 0 saturated carbocycles. The molecule has 0 radical (unpaired) electrons. The number of aromatic nitrogens is 1. The third kappa shape index (κ3) is 2.32. The highest BCUT2D eigenvalue weighted by Gasteiger charge is 2.43. The Morgan fingerprint density at radius 2 is 2.17 bits per heavy atom. The van der Waals surface area contributed by atoms with Crippen LogP contribution in [-0.2, 0) is 11.3 Å². The second-order valence-corrected chi connectivity index (χ2v) is 5.97. The van der Waals surface area contributed by atoms with E-state index in [0.717, 1.165) is 27.9 Å². The first kappa shape index (κ1) is 16.6. The zero-order valence-corrected chi connectivity index (χ0v) is 14.1. The lowest BCUT2D eigenvalue weighted by atomic mass is 9.89. The van der Waals surface area contributed by atoms with Gasteiger partial charge in [-0.15, -0.1) is 12.4 Å². The van der Waals surface area contributed by atoms with Crippen molar-refractivity contribution in [1.82, 2.24) is 14.8 Å². The molecule has 24 heavy (non-hydrogen) atoms. The van der Waals surface area contributed by atoms with Gasteiger partial charge in [-0.2, -0.15) is 0 Å². The van der Waals surface area contributed by atoms with Crippen molar-refractivity contribution in [2.24, 2.45) is 5.73 Å². The van der Waals surface area contributed by atoms with Crippen molar-refractivity contribution in [2.75, 3.05) is 26.7 Å². The third-order valence-corrected chi connectivity index (χ3v) is 4.56. The molecule has 0 aliphatic carbocycles. The summed E-state index contributed by atoms with van der Waals surface area (Å²) in [5.41, 5.74) is 8.34. The van der Waals surface area contributed by atoms with Gasteiger partial charge in [-0.05, 0) is 23.8 Å². The van der Waals surface area contributed by atoms with Gasteiger partial charge in [0.2, 0.25) is 5.91 Å². The smallest absolute Gasteiger partial charge is 0.326 e. The summed E-state index contributed by atoms with van der Waals surface area (Å²) in [5.74, 6) is 0.265. The van der Waals surface area contributed by atoms with Gasteiger partial charge in [-0.1, -0.05) is 0 Å². The van der Waals surface area contributed by atoms with Crippen LogP contribution in [-0.4, -0.2) is 53.5 Å². The molecule has 4 rings (SSSR count). The number of carbonyl (C=O) groups is 2. The Morgan fingerprint density at radius 1 is 1.38 bits per heavy atom. The molecular formula is C16H19ClN4O3. The van der Waals surface area contributed by atoms with Crippen molar-refractivity contribution in [3.05, 3.63) is 29.5 Å². The standard InChI is InChI=1S/C16H18N4O3.ClH/c1-19-15(21)11-7-20(16(19)22)8-13-14(11)10-6-9(23-5-4-17)2-3-12(10)18-13;/h2-3,6,11,18H,4-5,7-8,17H2,1H3;1H. The quantitative estimate of drug-likeness (QED) is 0.875. The van der Waals surface area contributed by atoms with E-state index in [-0.39, 0.29) is 30.3 Å². The highest BCUT2D eigenvalue weighted by atomic mass is 35.5. The molecule has 8 heteroatoms. The molecule has 2 aromatic rings. The maximum Gasteiger partial charge on any atom is 0.326 e. The number of likely N-dealkylation sites (N-methyl/N-ethyl adjacent to an activating group) is 1. The maximum atomic E-state index is 12.5. The molecule has 1 aromatic carbocycles. The number of amides is 3. The van der Waals surface area contributed by atoms with E-state index in [1.165, 1.54) is 4.90 Å². The van der Waals surface area contributed by atoms with Crippen LogP contribution >= 0.6 is 12.4 Å². The summed E-state index contributed by atoms with van der Waals surface area (Å²) in [4.78, 5) is 30.9. The molecule has 2 aliphatic rings. The number of ether oxygens (including phenoxy) is 1. The molecule has 3 N–H and O–H groups in total. The van der Waals surface area contributed by atoms with E-state index in [0.29, 0.717) is 26.2 Å². The van der Waals surface area contributed by atoms with E-state index in [9.17, 15) is 9.59 Å². The molecule has 0 spiro atoms. The fourth-order valence-electron chi connectivity index (χ4n) is 3.49. The van der Waals surface area contributed by atoms with Crippen LogP contribution in [0.1, 0.15) is 17.2 Å². The number of nitrogens with zero attached hydrogens (tertiary/aromatic N) is 2. The minimum atomic E-state index is -0.319. The maximum absolute atomic E-state index is 12.5. The van der Waals surface area contributed by atoms with Gasteiger partial charge in [0.1, 0.15) is 12.4 Å². The van der Waals surface area contributed by atoms with Crippen molar-refractivity contribution in [1.29, 1.82) is 0 Å². The van der Waals surface area contributed by atoms with Crippen molar-refractivity contribution >= 4 is 35.2 Å². The van der Waals surface area contributed by atoms with Crippen molar-refractivity contribution in [3.8, 4) is 5.75 Å². The summed E-state index contributed by atoms with van der Waals surface area (Å²) in [5, 5.41) is 0.982. The fourth-order valence-corrected chi connectivity index (χ4v) is 3.49. The zero-order valence-electron chi connectivity index (χ0n) is 13.2. The molecule has 1 fully saturated rings. The van der Waals surface area contributed by atoms with Crippen LogP contribution in [0.25, 0.3) is 10.9 Å². The van der Waals surface area contributed by atoms with Crippen LogP contribution in [0.5, 0.6) is 5.75 Å². The molecule has 1 atom stereocenters. The van der Waals surface area contributed by atoms with Crippen LogP contribution in [0.15, 0.2) is 18.2 Å². The average molecular weight is 351 g/mol. The summed E-state index contributed by atoms with van der Waals surface area (Å²) in [6.07, 6.45) is 0. The van der Waals surface area contributed by atoms with Gasteiger partial charge >= 0.3 is 6.03 Å². The number of aromatic amines is 1. The van der Waals surface area contributed by atoms with Crippen molar-refractivity contribution < 1.29 is 14.3 Å². The number of nitrogens with two attached hydrogens (primary N) is 1.